The zero-order valence-corrected chi connectivity index (χ0v) is 32.4. The lowest BCUT2D eigenvalue weighted by Gasteiger charge is -2.30. The van der Waals surface area contributed by atoms with Gasteiger partial charge < -0.3 is 19.0 Å². The summed E-state index contributed by atoms with van der Waals surface area (Å²) < 4.78 is 48.2. The first-order valence-electron chi connectivity index (χ1n) is 18.1. The first kappa shape index (κ1) is 40.8. The highest BCUT2D eigenvalue weighted by Crippen LogP contribution is 2.25. The number of oxime groups is 1. The van der Waals surface area contributed by atoms with Gasteiger partial charge in [-0.3, -0.25) is 4.18 Å². The van der Waals surface area contributed by atoms with E-state index >= 15 is 0 Å². The van der Waals surface area contributed by atoms with E-state index < -0.39 is 52.9 Å². The molecule has 0 fully saturated rings. The fourth-order valence-corrected chi connectivity index (χ4v) is 6.59. The second-order valence-corrected chi connectivity index (χ2v) is 14.5. The number of hydrogen-bond acceptors (Lipinski definition) is 11. The van der Waals surface area contributed by atoms with Crippen LogP contribution < -0.4 is 0 Å². The number of carbonyl (C=O) groups excluding carboxylic acids is 3. The van der Waals surface area contributed by atoms with Crippen LogP contribution >= 0.6 is 0 Å². The smallest absolute Gasteiger partial charge is 0.338 e. The summed E-state index contributed by atoms with van der Waals surface area (Å²) in [5.41, 5.74) is 5.69. The lowest BCUT2D eigenvalue weighted by molar-refractivity contribution is -0.0683. The molecule has 58 heavy (non-hydrogen) atoms. The highest BCUT2D eigenvalue weighted by atomic mass is 32.2. The minimum absolute atomic E-state index is 0.0866. The third-order valence-electron chi connectivity index (χ3n) is 8.85. The Morgan fingerprint density at radius 3 is 1.28 bits per heavy atom. The Hall–Kier alpha value is -6.89. The van der Waals surface area contributed by atoms with Crippen LogP contribution in [-0.4, -0.2) is 70.8 Å². The van der Waals surface area contributed by atoms with Gasteiger partial charge in [0.05, 0.1) is 29.2 Å². The Bertz CT molecular complexity index is 2420. The summed E-state index contributed by atoms with van der Waals surface area (Å²) in [6.07, 6.45) is -3.31. The first-order chi connectivity index (χ1) is 28.1. The van der Waals surface area contributed by atoms with Crippen LogP contribution in [0.5, 0.6) is 0 Å². The third-order valence-corrected chi connectivity index (χ3v) is 9.45. The Balaban J connectivity index is 1.30. The molecule has 0 radical (unpaired) electrons. The standard InChI is InChI=1S/C46H39NO10S/c1-53-47-30-41(55-45(49)39-26-20-36(21-27-39)33-14-8-4-9-15-33)43(56-46(50)40-28-22-37(23-29-40)34-16-10-5-11-17-34)42(57-58(2,51)52)31-54-44(48)38-24-18-35(19-25-38)32-12-6-3-7-13-32/h3-30,41-43H,31H2,1-2H3/t41-,42-,43+/m0/s1. The molecule has 0 unspecified atom stereocenters. The quantitative estimate of drug-likeness (QED) is 0.0309. The molecule has 0 aliphatic rings. The second-order valence-electron chi connectivity index (χ2n) is 12.9. The van der Waals surface area contributed by atoms with E-state index in [-0.39, 0.29) is 16.7 Å². The largest absolute Gasteiger partial charge is 0.459 e. The van der Waals surface area contributed by atoms with Gasteiger partial charge in [0.1, 0.15) is 13.7 Å². The summed E-state index contributed by atoms with van der Waals surface area (Å²) in [5.74, 6) is -2.61. The predicted octanol–water partition coefficient (Wildman–Crippen LogP) is 8.27. The van der Waals surface area contributed by atoms with Gasteiger partial charge >= 0.3 is 17.9 Å². The molecule has 0 heterocycles. The lowest BCUT2D eigenvalue weighted by Crippen LogP contribution is -2.48. The highest BCUT2D eigenvalue weighted by Gasteiger charge is 2.40. The highest BCUT2D eigenvalue weighted by molar-refractivity contribution is 7.86. The average Bonchev–Trinajstić information content (AvgIpc) is 3.26. The van der Waals surface area contributed by atoms with E-state index in [4.69, 9.17) is 23.2 Å². The molecule has 3 atom stereocenters. The van der Waals surface area contributed by atoms with E-state index in [9.17, 15) is 22.8 Å². The Labute approximate surface area is 336 Å². The van der Waals surface area contributed by atoms with Crippen LogP contribution in [0.4, 0.5) is 0 Å². The van der Waals surface area contributed by atoms with Crippen molar-refractivity contribution in [2.75, 3.05) is 20.0 Å². The second kappa shape index (κ2) is 19.3. The van der Waals surface area contributed by atoms with Crippen LogP contribution in [0, 0.1) is 0 Å². The maximum Gasteiger partial charge on any atom is 0.338 e. The Morgan fingerprint density at radius 2 is 0.897 bits per heavy atom. The topological polar surface area (TPSA) is 144 Å². The van der Waals surface area contributed by atoms with Gasteiger partial charge in [0, 0.05) is 0 Å². The van der Waals surface area contributed by atoms with Crippen LogP contribution in [0.15, 0.2) is 169 Å². The molecule has 6 rings (SSSR count). The molecule has 6 aromatic rings. The van der Waals surface area contributed by atoms with E-state index in [2.05, 4.69) is 5.16 Å². The van der Waals surface area contributed by atoms with Crippen LogP contribution in [0.1, 0.15) is 31.1 Å². The zero-order valence-electron chi connectivity index (χ0n) is 31.5. The van der Waals surface area contributed by atoms with Gasteiger partial charge in [-0.1, -0.05) is 133 Å². The minimum Gasteiger partial charge on any atom is -0.459 e. The number of esters is 3. The maximum absolute atomic E-state index is 13.8. The van der Waals surface area contributed by atoms with Crippen molar-refractivity contribution in [3.05, 3.63) is 180 Å². The first-order valence-corrected chi connectivity index (χ1v) is 19.9. The molecule has 0 aliphatic carbocycles. The molecule has 12 heteroatoms. The van der Waals surface area contributed by atoms with E-state index in [1.807, 2.05) is 91.0 Å². The maximum atomic E-state index is 13.8. The van der Waals surface area contributed by atoms with Gasteiger partial charge in [0.2, 0.25) is 0 Å². The van der Waals surface area contributed by atoms with Crippen molar-refractivity contribution in [2.24, 2.45) is 5.16 Å². The molecule has 0 saturated carbocycles. The summed E-state index contributed by atoms with van der Waals surface area (Å²) in [4.78, 5) is 45.8. The minimum atomic E-state index is -4.32. The van der Waals surface area contributed by atoms with Gasteiger partial charge in [0.25, 0.3) is 10.1 Å². The number of benzene rings is 6. The average molecular weight is 798 g/mol. The van der Waals surface area contributed by atoms with Crippen LogP contribution in [0.25, 0.3) is 33.4 Å². The van der Waals surface area contributed by atoms with Crippen molar-refractivity contribution in [3.8, 4) is 33.4 Å². The van der Waals surface area contributed by atoms with Crippen molar-refractivity contribution in [2.45, 2.75) is 18.3 Å². The Kier molecular flexibility index (Phi) is 13.6. The van der Waals surface area contributed by atoms with Crippen LogP contribution in [0.3, 0.4) is 0 Å². The normalized spacial score (nSPS) is 12.9. The summed E-state index contributed by atoms with van der Waals surface area (Å²) in [5, 5.41) is 3.77. The zero-order chi connectivity index (χ0) is 40.9. The fraction of sp³-hybridized carbons (Fsp3) is 0.130. The predicted molar refractivity (Wildman–Crippen MR) is 220 cm³/mol. The van der Waals surface area contributed by atoms with Gasteiger partial charge in [-0.25, -0.2) is 14.4 Å². The molecule has 294 valence electrons. The molecule has 11 nitrogen and oxygen atoms in total. The number of carbonyl (C=O) groups is 3. The molecule has 0 spiro atoms. The van der Waals surface area contributed by atoms with Gasteiger partial charge in [0.15, 0.2) is 18.3 Å². The number of rotatable bonds is 16. The van der Waals surface area contributed by atoms with Crippen LogP contribution in [-0.2, 0) is 33.3 Å². The van der Waals surface area contributed by atoms with Gasteiger partial charge in [-0.15, -0.1) is 0 Å². The van der Waals surface area contributed by atoms with E-state index in [0.717, 1.165) is 45.9 Å². The molecule has 0 aromatic heterocycles. The summed E-state index contributed by atoms with van der Waals surface area (Å²) in [7, 11) is -3.08. The van der Waals surface area contributed by atoms with Crippen molar-refractivity contribution in [3.63, 3.8) is 0 Å². The third kappa shape index (κ3) is 11.1. The van der Waals surface area contributed by atoms with E-state index in [1.54, 1.807) is 60.7 Å². The molecule has 0 amide bonds. The molecular formula is C46H39NO10S. The van der Waals surface area contributed by atoms with E-state index in [1.165, 1.54) is 19.2 Å². The van der Waals surface area contributed by atoms with Gasteiger partial charge in [-0.2, -0.15) is 8.42 Å². The van der Waals surface area contributed by atoms with Crippen molar-refractivity contribution >= 4 is 34.2 Å². The summed E-state index contributed by atoms with van der Waals surface area (Å²) >= 11 is 0. The van der Waals surface area contributed by atoms with Crippen LogP contribution in [0.2, 0.25) is 0 Å². The molecule has 6 aromatic carbocycles. The molecule has 0 aliphatic heterocycles. The SMILES string of the molecule is CON=C[C@H](OC(=O)c1ccc(-c2ccccc2)cc1)[C@@H](OC(=O)c1ccc(-c2ccccc2)cc1)[C@H](COC(=O)c1ccc(-c2ccccc2)cc1)OS(C)(=O)=O. The van der Waals surface area contributed by atoms with E-state index in [0.29, 0.717) is 0 Å². The van der Waals surface area contributed by atoms with Crippen molar-refractivity contribution < 1.29 is 46.0 Å². The lowest BCUT2D eigenvalue weighted by atomic mass is 10.0. The number of hydrogen-bond donors (Lipinski definition) is 0. The molecule has 0 N–H and O–H groups in total. The van der Waals surface area contributed by atoms with Crippen molar-refractivity contribution in [1.29, 1.82) is 0 Å². The van der Waals surface area contributed by atoms with Crippen molar-refractivity contribution in [1.82, 2.24) is 0 Å². The summed E-state index contributed by atoms with van der Waals surface area (Å²) in [6, 6.07) is 48.3. The molecular weight excluding hydrogens is 759 g/mol. The Morgan fingerprint density at radius 1 is 0.534 bits per heavy atom. The number of nitrogens with zero attached hydrogens (tertiary/aromatic N) is 1. The molecule has 0 saturated heterocycles. The molecule has 0 bridgehead atoms. The number of ether oxygens (including phenoxy) is 3. The summed E-state index contributed by atoms with van der Waals surface area (Å²) in [6.45, 7) is -0.752. The monoisotopic (exact) mass is 797 g/mol. The fourth-order valence-electron chi connectivity index (χ4n) is 5.97. The van der Waals surface area contributed by atoms with Gasteiger partial charge in [-0.05, 0) is 69.8 Å².